The van der Waals surface area contributed by atoms with E-state index in [-0.39, 0.29) is 0 Å². The molecule has 0 bridgehead atoms. The van der Waals surface area contributed by atoms with Gasteiger partial charge < -0.3 is 0 Å². The minimum Gasteiger partial charge on any atom is -0.122 e. The van der Waals surface area contributed by atoms with E-state index in [4.69, 9.17) is 23.2 Å². The van der Waals surface area contributed by atoms with Gasteiger partial charge in [-0.1, -0.05) is 41.4 Å². The maximum Gasteiger partial charge on any atom is 0.101 e. The first-order chi connectivity index (χ1) is 6.29. The molecule has 0 nitrogen and oxygen atoms in total. The lowest BCUT2D eigenvalue weighted by Gasteiger charge is -2.00. The number of halogens is 2. The van der Waals surface area contributed by atoms with E-state index < -0.39 is 0 Å². The minimum absolute atomic E-state index is 0.719. The Hall–Kier alpha value is -0.500. The van der Waals surface area contributed by atoms with Gasteiger partial charge in [0.25, 0.3) is 0 Å². The van der Waals surface area contributed by atoms with Crippen LogP contribution in [-0.2, 0) is 0 Å². The normalized spacial score (nSPS) is 10.3. The lowest BCUT2D eigenvalue weighted by Crippen LogP contribution is -1.75. The third-order valence-electron chi connectivity index (χ3n) is 1.73. The van der Waals surface area contributed by atoms with E-state index in [1.54, 1.807) is 0 Å². The summed E-state index contributed by atoms with van der Waals surface area (Å²) in [7, 11) is 0. The zero-order chi connectivity index (χ0) is 9.26. The average molecular weight is 228 g/mol. The molecule has 0 aliphatic carbocycles. The van der Waals surface area contributed by atoms with Gasteiger partial charge in [-0.15, -0.1) is 11.3 Å². The molecule has 0 spiro atoms. The van der Waals surface area contributed by atoms with Gasteiger partial charge in [-0.05, 0) is 12.1 Å². The zero-order valence-corrected chi connectivity index (χ0v) is 8.88. The van der Waals surface area contributed by atoms with Crippen LogP contribution in [0.1, 0.15) is 0 Å². The summed E-state index contributed by atoms with van der Waals surface area (Å²) in [6.07, 6.45) is 0. The molecule has 0 atom stereocenters. The quantitative estimate of drug-likeness (QED) is 0.673. The van der Waals surface area contributed by atoms with Crippen molar-refractivity contribution in [2.75, 3.05) is 0 Å². The van der Waals surface area contributed by atoms with E-state index in [0.29, 0.717) is 0 Å². The van der Waals surface area contributed by atoms with Gasteiger partial charge in [0, 0.05) is 21.5 Å². The maximum atomic E-state index is 6.02. The molecule has 1 aromatic heterocycles. The van der Waals surface area contributed by atoms with Crippen molar-refractivity contribution in [3.63, 3.8) is 0 Å². The summed E-state index contributed by atoms with van der Waals surface area (Å²) in [5, 5.41) is 3.69. The summed E-state index contributed by atoms with van der Waals surface area (Å²) >= 11 is 13.4. The van der Waals surface area contributed by atoms with Gasteiger partial charge in [-0.2, -0.15) is 0 Å². The Labute approximate surface area is 90.7 Å². The summed E-state index contributed by atoms with van der Waals surface area (Å²) in [6, 6.07) is 9.49. The third kappa shape index (κ3) is 1.73. The zero-order valence-electron chi connectivity index (χ0n) is 6.55. The Bertz CT molecular complexity index is 420. The molecule has 0 unspecified atom stereocenters. The highest BCUT2D eigenvalue weighted by molar-refractivity contribution is 7.14. The predicted molar refractivity (Wildman–Crippen MR) is 58.6 cm³/mol. The van der Waals surface area contributed by atoms with Crippen LogP contribution in [0.25, 0.3) is 11.1 Å². The van der Waals surface area contributed by atoms with Crippen LogP contribution < -0.4 is 0 Å². The molecular formula is C10H5Cl2S. The van der Waals surface area contributed by atoms with Crippen molar-refractivity contribution in [2.24, 2.45) is 0 Å². The van der Waals surface area contributed by atoms with Crippen LogP contribution in [0, 0.1) is 5.38 Å². The largest absolute Gasteiger partial charge is 0.122 e. The molecular weight excluding hydrogens is 223 g/mol. The second-order valence-corrected chi connectivity index (χ2v) is 4.39. The van der Waals surface area contributed by atoms with Gasteiger partial charge in [0.15, 0.2) is 0 Å². The summed E-state index contributed by atoms with van der Waals surface area (Å²) in [4.78, 5) is 0. The Morgan fingerprint density at radius 1 is 1.08 bits per heavy atom. The molecule has 0 saturated heterocycles. The number of rotatable bonds is 1. The molecule has 0 aliphatic heterocycles. The van der Waals surface area contributed by atoms with Crippen LogP contribution in [0.15, 0.2) is 30.3 Å². The van der Waals surface area contributed by atoms with Gasteiger partial charge in [0.05, 0.1) is 0 Å². The Morgan fingerprint density at radius 2 is 1.85 bits per heavy atom. The first kappa shape index (κ1) is 9.07. The monoisotopic (exact) mass is 227 g/mol. The van der Waals surface area contributed by atoms with E-state index in [9.17, 15) is 0 Å². The van der Waals surface area contributed by atoms with E-state index in [1.807, 2.05) is 30.3 Å². The van der Waals surface area contributed by atoms with Crippen molar-refractivity contribution in [1.82, 2.24) is 0 Å². The van der Waals surface area contributed by atoms with E-state index in [2.05, 4.69) is 5.38 Å². The topological polar surface area (TPSA) is 0 Å². The number of hydrogen-bond donors (Lipinski definition) is 0. The van der Waals surface area contributed by atoms with Crippen molar-refractivity contribution in [2.45, 2.75) is 0 Å². The Kier molecular flexibility index (Phi) is 2.58. The highest BCUT2D eigenvalue weighted by atomic mass is 35.5. The van der Waals surface area contributed by atoms with Crippen LogP contribution in [-0.4, -0.2) is 0 Å². The molecule has 0 N–H and O–H groups in total. The van der Waals surface area contributed by atoms with E-state index >= 15 is 0 Å². The molecule has 0 saturated carbocycles. The van der Waals surface area contributed by atoms with E-state index in [1.165, 1.54) is 11.3 Å². The number of hydrogen-bond acceptors (Lipinski definition) is 1. The number of thiophene rings is 1. The van der Waals surface area contributed by atoms with E-state index in [0.717, 1.165) is 20.5 Å². The lowest BCUT2D eigenvalue weighted by atomic mass is 10.1. The van der Waals surface area contributed by atoms with Crippen LogP contribution in [0.3, 0.4) is 0 Å². The molecule has 0 amide bonds. The molecule has 1 radical (unpaired) electrons. The molecule has 1 aromatic carbocycles. The molecule has 2 rings (SSSR count). The van der Waals surface area contributed by atoms with Gasteiger partial charge in [0.1, 0.15) is 4.34 Å². The standard InChI is InChI=1S/C10H5Cl2S/c11-9-4-2-1-3-7(9)8-5-6-13-10(8)12/h1-5H. The summed E-state index contributed by atoms with van der Waals surface area (Å²) in [6.45, 7) is 0. The fourth-order valence-electron chi connectivity index (χ4n) is 1.12. The second kappa shape index (κ2) is 3.70. The fraction of sp³-hybridized carbons (Fsp3) is 0. The fourth-order valence-corrected chi connectivity index (χ4v) is 2.20. The second-order valence-electron chi connectivity index (χ2n) is 2.53. The predicted octanol–water partition coefficient (Wildman–Crippen LogP) is 4.52. The average Bonchev–Trinajstić information content (AvgIpc) is 2.52. The van der Waals surface area contributed by atoms with Crippen molar-refractivity contribution in [3.05, 3.63) is 45.1 Å². The van der Waals surface area contributed by atoms with Gasteiger partial charge >= 0.3 is 0 Å². The Balaban J connectivity index is 2.59. The van der Waals surface area contributed by atoms with Crippen molar-refractivity contribution in [1.29, 1.82) is 0 Å². The van der Waals surface area contributed by atoms with Crippen molar-refractivity contribution < 1.29 is 0 Å². The van der Waals surface area contributed by atoms with Gasteiger partial charge in [-0.25, -0.2) is 0 Å². The molecule has 0 aliphatic rings. The smallest absolute Gasteiger partial charge is 0.101 e. The first-order valence-electron chi connectivity index (χ1n) is 3.69. The van der Waals surface area contributed by atoms with Gasteiger partial charge in [0.2, 0.25) is 0 Å². The molecule has 13 heavy (non-hydrogen) atoms. The molecule has 2 aromatic rings. The van der Waals surface area contributed by atoms with Crippen LogP contribution in [0.2, 0.25) is 9.36 Å². The summed E-state index contributed by atoms with van der Waals surface area (Å²) in [5.41, 5.74) is 1.92. The number of benzene rings is 1. The third-order valence-corrected chi connectivity index (χ3v) is 3.13. The SMILES string of the molecule is Clc1ccccc1-c1c[c]sc1Cl. The summed E-state index contributed by atoms with van der Waals surface area (Å²) < 4.78 is 0.730. The summed E-state index contributed by atoms with van der Waals surface area (Å²) in [5.74, 6) is 0. The maximum absolute atomic E-state index is 6.02. The molecule has 1 heterocycles. The molecule has 3 heteroatoms. The first-order valence-corrected chi connectivity index (χ1v) is 5.26. The van der Waals surface area contributed by atoms with Crippen LogP contribution in [0.5, 0.6) is 0 Å². The highest BCUT2D eigenvalue weighted by Crippen LogP contribution is 2.35. The van der Waals surface area contributed by atoms with Crippen LogP contribution in [0.4, 0.5) is 0 Å². The van der Waals surface area contributed by atoms with Crippen LogP contribution >= 0.6 is 34.5 Å². The Morgan fingerprint density at radius 3 is 2.46 bits per heavy atom. The minimum atomic E-state index is 0.719. The highest BCUT2D eigenvalue weighted by Gasteiger charge is 2.07. The van der Waals surface area contributed by atoms with Crippen molar-refractivity contribution >= 4 is 34.5 Å². The van der Waals surface area contributed by atoms with Gasteiger partial charge in [-0.3, -0.25) is 0 Å². The molecule has 0 fully saturated rings. The lowest BCUT2D eigenvalue weighted by molar-refractivity contribution is 1.67. The molecule has 65 valence electrons. The van der Waals surface area contributed by atoms with Crippen molar-refractivity contribution in [3.8, 4) is 11.1 Å².